The Morgan fingerprint density at radius 1 is 0.867 bits per heavy atom. The summed E-state index contributed by atoms with van der Waals surface area (Å²) in [4.78, 5) is 24.4. The second kappa shape index (κ2) is 9.65. The van der Waals surface area contributed by atoms with Crippen molar-refractivity contribution in [2.75, 3.05) is 19.1 Å². The Morgan fingerprint density at radius 2 is 1.47 bits per heavy atom. The second-order valence-electron chi connectivity index (χ2n) is 6.83. The van der Waals surface area contributed by atoms with E-state index < -0.39 is 0 Å². The number of aromatic nitrogens is 1. The molecule has 0 fully saturated rings. The molecule has 1 aromatic heterocycles. The molecule has 2 amide bonds. The molecule has 7 nitrogen and oxygen atoms in total. The van der Waals surface area contributed by atoms with Crippen LogP contribution in [0.3, 0.4) is 0 Å². The van der Waals surface area contributed by atoms with Gasteiger partial charge in [0.1, 0.15) is 11.5 Å². The maximum Gasteiger partial charge on any atom is 0.270 e. The van der Waals surface area contributed by atoms with Crippen molar-refractivity contribution in [1.82, 2.24) is 9.99 Å². The van der Waals surface area contributed by atoms with E-state index in [-0.39, 0.29) is 18.4 Å². The maximum atomic E-state index is 12.4. The summed E-state index contributed by atoms with van der Waals surface area (Å²) in [6.45, 7) is 4.14. The van der Waals surface area contributed by atoms with E-state index in [2.05, 4.69) is 10.7 Å². The summed E-state index contributed by atoms with van der Waals surface area (Å²) in [5.41, 5.74) is 6.20. The van der Waals surface area contributed by atoms with Crippen molar-refractivity contribution in [3.05, 3.63) is 83.2 Å². The van der Waals surface area contributed by atoms with Crippen molar-refractivity contribution < 1.29 is 19.1 Å². The smallest absolute Gasteiger partial charge is 0.270 e. The van der Waals surface area contributed by atoms with Crippen LogP contribution in [0.25, 0.3) is 0 Å². The van der Waals surface area contributed by atoms with Crippen LogP contribution in [-0.4, -0.2) is 30.2 Å². The molecule has 0 aliphatic carbocycles. The lowest BCUT2D eigenvalue weighted by atomic mass is 10.2. The zero-order valence-electron chi connectivity index (χ0n) is 17.3. The molecule has 0 aliphatic rings. The minimum Gasteiger partial charge on any atom is -0.497 e. The number of carbonyl (C=O) groups excluding carboxylic acids is 2. The van der Waals surface area contributed by atoms with Crippen LogP contribution < -0.4 is 20.2 Å². The van der Waals surface area contributed by atoms with E-state index in [4.69, 9.17) is 9.47 Å². The molecule has 0 saturated heterocycles. The normalized spacial score (nSPS) is 10.4. The van der Waals surface area contributed by atoms with Gasteiger partial charge in [0.25, 0.3) is 11.8 Å². The predicted molar refractivity (Wildman–Crippen MR) is 114 cm³/mol. The summed E-state index contributed by atoms with van der Waals surface area (Å²) in [5, 5.41) is 2.80. The van der Waals surface area contributed by atoms with Crippen LogP contribution in [0.1, 0.15) is 27.3 Å². The molecule has 2 N–H and O–H groups in total. The maximum absolute atomic E-state index is 12.4. The lowest BCUT2D eigenvalue weighted by Gasteiger charge is -2.12. The average Bonchev–Trinajstić information content (AvgIpc) is 3.09. The SMILES string of the molecule is COc1ccc(CNC(=O)COc2ccc(C(=O)Nn3c(C)ccc3C)cc2)cc1. The summed E-state index contributed by atoms with van der Waals surface area (Å²) in [5.74, 6) is 0.830. The van der Waals surface area contributed by atoms with E-state index in [1.54, 1.807) is 36.1 Å². The molecule has 156 valence electrons. The number of nitrogens with zero attached hydrogens (tertiary/aromatic N) is 1. The first-order valence-electron chi connectivity index (χ1n) is 9.55. The van der Waals surface area contributed by atoms with E-state index in [0.29, 0.717) is 17.9 Å². The first-order valence-corrected chi connectivity index (χ1v) is 9.55. The number of hydrogen-bond acceptors (Lipinski definition) is 4. The number of ether oxygens (including phenoxy) is 2. The van der Waals surface area contributed by atoms with Crippen molar-refractivity contribution in [3.8, 4) is 11.5 Å². The van der Waals surface area contributed by atoms with Gasteiger partial charge in [0.15, 0.2) is 6.61 Å². The summed E-state index contributed by atoms with van der Waals surface area (Å²) < 4.78 is 12.3. The van der Waals surface area contributed by atoms with Crippen LogP contribution >= 0.6 is 0 Å². The van der Waals surface area contributed by atoms with Gasteiger partial charge in [-0.05, 0) is 67.9 Å². The Hall–Kier alpha value is -3.74. The van der Waals surface area contributed by atoms with Crippen LogP contribution in [0.4, 0.5) is 0 Å². The summed E-state index contributed by atoms with van der Waals surface area (Å²) >= 11 is 0. The third-order valence-corrected chi connectivity index (χ3v) is 4.62. The fraction of sp³-hybridized carbons (Fsp3) is 0.217. The van der Waals surface area contributed by atoms with Gasteiger partial charge < -0.3 is 14.8 Å². The molecule has 2 aromatic carbocycles. The second-order valence-corrected chi connectivity index (χ2v) is 6.83. The van der Waals surface area contributed by atoms with Crippen molar-refractivity contribution in [2.45, 2.75) is 20.4 Å². The fourth-order valence-electron chi connectivity index (χ4n) is 2.86. The van der Waals surface area contributed by atoms with Gasteiger partial charge in [-0.1, -0.05) is 12.1 Å². The largest absolute Gasteiger partial charge is 0.497 e. The Bertz CT molecular complexity index is 988. The minimum atomic E-state index is -0.230. The molecule has 30 heavy (non-hydrogen) atoms. The molecular formula is C23H25N3O4. The van der Waals surface area contributed by atoms with E-state index in [1.807, 2.05) is 50.2 Å². The Balaban J connectivity index is 1.46. The molecule has 0 atom stereocenters. The number of carbonyl (C=O) groups is 2. The van der Waals surface area contributed by atoms with Crippen LogP contribution in [-0.2, 0) is 11.3 Å². The third-order valence-electron chi connectivity index (χ3n) is 4.62. The molecule has 1 heterocycles. The summed E-state index contributed by atoms with van der Waals surface area (Å²) in [6, 6.07) is 18.0. The molecule has 0 aliphatic heterocycles. The number of hydrogen-bond donors (Lipinski definition) is 2. The molecule has 0 saturated carbocycles. The van der Waals surface area contributed by atoms with E-state index in [9.17, 15) is 9.59 Å². The number of rotatable bonds is 8. The highest BCUT2D eigenvalue weighted by molar-refractivity contribution is 6.00. The van der Waals surface area contributed by atoms with Gasteiger partial charge in [-0.3, -0.25) is 19.7 Å². The number of amides is 2. The molecule has 7 heteroatoms. The third kappa shape index (κ3) is 5.41. The van der Waals surface area contributed by atoms with Crippen molar-refractivity contribution in [2.24, 2.45) is 0 Å². The van der Waals surface area contributed by atoms with Crippen molar-refractivity contribution >= 4 is 11.8 Å². The van der Waals surface area contributed by atoms with E-state index in [0.717, 1.165) is 22.7 Å². The average molecular weight is 407 g/mol. The van der Waals surface area contributed by atoms with Gasteiger partial charge in [-0.25, -0.2) is 0 Å². The lowest BCUT2D eigenvalue weighted by molar-refractivity contribution is -0.123. The Labute approximate surface area is 175 Å². The molecule has 0 radical (unpaired) electrons. The molecule has 0 unspecified atom stereocenters. The van der Waals surface area contributed by atoms with Crippen molar-refractivity contribution in [1.29, 1.82) is 0 Å². The molecule has 3 rings (SSSR count). The highest BCUT2D eigenvalue weighted by Gasteiger charge is 2.09. The molecule has 0 bridgehead atoms. The van der Waals surface area contributed by atoms with Crippen LogP contribution in [0.5, 0.6) is 11.5 Å². The van der Waals surface area contributed by atoms with Crippen molar-refractivity contribution in [3.63, 3.8) is 0 Å². The Morgan fingerprint density at radius 3 is 2.07 bits per heavy atom. The fourth-order valence-corrected chi connectivity index (χ4v) is 2.86. The molecule has 0 spiro atoms. The highest BCUT2D eigenvalue weighted by atomic mass is 16.5. The number of aryl methyl sites for hydroxylation is 2. The van der Waals surface area contributed by atoms with Crippen LogP contribution in [0, 0.1) is 13.8 Å². The summed E-state index contributed by atoms with van der Waals surface area (Å²) in [6.07, 6.45) is 0. The minimum absolute atomic E-state index is 0.108. The number of benzene rings is 2. The van der Waals surface area contributed by atoms with Gasteiger partial charge in [-0.15, -0.1) is 0 Å². The Kier molecular flexibility index (Phi) is 6.75. The van der Waals surface area contributed by atoms with Gasteiger partial charge in [0, 0.05) is 23.5 Å². The lowest BCUT2D eigenvalue weighted by Crippen LogP contribution is -2.28. The number of methoxy groups -OCH3 is 1. The first kappa shape index (κ1) is 21.0. The van der Waals surface area contributed by atoms with Gasteiger partial charge in [0.05, 0.1) is 7.11 Å². The molecular weight excluding hydrogens is 382 g/mol. The molecule has 3 aromatic rings. The van der Waals surface area contributed by atoms with Crippen LogP contribution in [0.2, 0.25) is 0 Å². The van der Waals surface area contributed by atoms with Gasteiger partial charge in [0.2, 0.25) is 0 Å². The van der Waals surface area contributed by atoms with E-state index in [1.165, 1.54) is 0 Å². The predicted octanol–water partition coefficient (Wildman–Crippen LogP) is 3.19. The highest BCUT2D eigenvalue weighted by Crippen LogP contribution is 2.14. The van der Waals surface area contributed by atoms with Gasteiger partial charge in [-0.2, -0.15) is 0 Å². The zero-order chi connectivity index (χ0) is 21.5. The van der Waals surface area contributed by atoms with Crippen LogP contribution in [0.15, 0.2) is 60.7 Å². The monoisotopic (exact) mass is 407 g/mol. The topological polar surface area (TPSA) is 81.6 Å². The standard InChI is InChI=1S/C23H25N3O4/c1-16-4-5-17(2)26(16)25-23(28)19-8-12-21(13-9-19)30-15-22(27)24-14-18-6-10-20(29-3)11-7-18/h4-13H,14-15H2,1-3H3,(H,24,27)(H,25,28). The van der Waals surface area contributed by atoms with Gasteiger partial charge >= 0.3 is 0 Å². The zero-order valence-corrected chi connectivity index (χ0v) is 17.3. The quantitative estimate of drug-likeness (QED) is 0.601. The van der Waals surface area contributed by atoms with E-state index >= 15 is 0 Å². The number of nitrogens with one attached hydrogen (secondary N) is 2. The first-order chi connectivity index (χ1) is 14.5. The summed E-state index contributed by atoms with van der Waals surface area (Å²) in [7, 11) is 1.61.